The first-order valence-electron chi connectivity index (χ1n) is 10.2. The van der Waals surface area contributed by atoms with Crippen LogP contribution in [0.3, 0.4) is 0 Å². The Labute approximate surface area is 185 Å². The number of halogens is 1. The predicted molar refractivity (Wildman–Crippen MR) is 115 cm³/mol. The minimum Gasteiger partial charge on any atom is -0.381 e. The molecular formula is C20H26ClN5O3S. The molecule has 2 fully saturated rings. The van der Waals surface area contributed by atoms with Crippen molar-refractivity contribution in [1.29, 1.82) is 0 Å². The van der Waals surface area contributed by atoms with Crippen LogP contribution < -0.4 is 5.32 Å². The van der Waals surface area contributed by atoms with Gasteiger partial charge in [0.1, 0.15) is 6.33 Å². The Bertz CT molecular complexity index is 839. The van der Waals surface area contributed by atoms with E-state index in [0.29, 0.717) is 22.6 Å². The molecule has 2 aliphatic rings. The third-order valence-corrected chi connectivity index (χ3v) is 6.65. The first-order chi connectivity index (χ1) is 14.7. The van der Waals surface area contributed by atoms with Crippen molar-refractivity contribution in [3.8, 4) is 5.69 Å². The van der Waals surface area contributed by atoms with Crippen molar-refractivity contribution in [2.24, 2.45) is 5.92 Å². The zero-order chi connectivity index (χ0) is 20.8. The third kappa shape index (κ3) is 5.53. The highest BCUT2D eigenvalue weighted by molar-refractivity contribution is 7.99. The highest BCUT2D eigenvalue weighted by Gasteiger charge is 2.31. The number of hydrogen-bond donors (Lipinski definition) is 1. The second kappa shape index (κ2) is 10.6. The topological polar surface area (TPSA) is 81.5 Å². The molecule has 3 heterocycles. The van der Waals surface area contributed by atoms with Gasteiger partial charge in [-0.2, -0.15) is 0 Å². The summed E-state index contributed by atoms with van der Waals surface area (Å²) in [7, 11) is 0. The number of amides is 1. The molecule has 10 heteroatoms. The van der Waals surface area contributed by atoms with Crippen LogP contribution in [-0.4, -0.2) is 83.4 Å². The molecule has 2 unspecified atom stereocenters. The van der Waals surface area contributed by atoms with Crippen LogP contribution in [0, 0.1) is 5.92 Å². The number of hydrogen-bond acceptors (Lipinski definition) is 7. The quantitative estimate of drug-likeness (QED) is 0.613. The molecule has 0 saturated carbocycles. The van der Waals surface area contributed by atoms with E-state index >= 15 is 0 Å². The largest absolute Gasteiger partial charge is 0.381 e. The van der Waals surface area contributed by atoms with Gasteiger partial charge in [-0.05, 0) is 24.6 Å². The van der Waals surface area contributed by atoms with Crippen molar-refractivity contribution in [1.82, 2.24) is 25.0 Å². The third-order valence-electron chi connectivity index (χ3n) is 5.47. The minimum atomic E-state index is -0.0159. The highest BCUT2D eigenvalue weighted by atomic mass is 35.5. The first-order valence-corrected chi connectivity index (χ1v) is 11.5. The highest BCUT2D eigenvalue weighted by Crippen LogP contribution is 2.23. The molecule has 1 aromatic carbocycles. The van der Waals surface area contributed by atoms with Gasteiger partial charge in [-0.25, -0.2) is 0 Å². The maximum Gasteiger partial charge on any atom is 0.230 e. The average molecular weight is 452 g/mol. The van der Waals surface area contributed by atoms with Crippen LogP contribution in [0.4, 0.5) is 0 Å². The molecule has 2 aromatic rings. The van der Waals surface area contributed by atoms with E-state index in [0.717, 1.165) is 51.6 Å². The number of nitrogens with one attached hydrogen (secondary N) is 1. The van der Waals surface area contributed by atoms with E-state index in [2.05, 4.69) is 20.4 Å². The van der Waals surface area contributed by atoms with Crippen LogP contribution in [0.5, 0.6) is 0 Å². The number of carbonyl (C=O) groups excluding carboxylic acids is 1. The average Bonchev–Trinajstić information content (AvgIpc) is 3.45. The first kappa shape index (κ1) is 21.6. The number of carbonyl (C=O) groups is 1. The molecular weight excluding hydrogens is 426 g/mol. The number of benzene rings is 1. The summed E-state index contributed by atoms with van der Waals surface area (Å²) in [5.74, 6) is 0.704. The lowest BCUT2D eigenvalue weighted by Crippen LogP contribution is -2.52. The van der Waals surface area contributed by atoms with E-state index in [1.807, 2.05) is 28.8 Å². The molecule has 1 aromatic heterocycles. The molecule has 2 atom stereocenters. The van der Waals surface area contributed by atoms with Gasteiger partial charge in [0.15, 0.2) is 5.16 Å². The normalized spacial score (nSPS) is 20.9. The van der Waals surface area contributed by atoms with Crippen LogP contribution in [0.2, 0.25) is 5.02 Å². The monoisotopic (exact) mass is 451 g/mol. The Kier molecular flexibility index (Phi) is 7.62. The Hall–Kier alpha value is -1.65. The lowest BCUT2D eigenvalue weighted by molar-refractivity contribution is -0.119. The number of nitrogens with zero attached hydrogens (tertiary/aromatic N) is 4. The smallest absolute Gasteiger partial charge is 0.230 e. The van der Waals surface area contributed by atoms with Crippen LogP contribution in [0.25, 0.3) is 5.69 Å². The van der Waals surface area contributed by atoms with E-state index in [-0.39, 0.29) is 17.7 Å². The van der Waals surface area contributed by atoms with Gasteiger partial charge in [-0.3, -0.25) is 14.3 Å². The Morgan fingerprint density at radius 3 is 2.93 bits per heavy atom. The van der Waals surface area contributed by atoms with Crippen molar-refractivity contribution in [2.45, 2.75) is 17.6 Å². The summed E-state index contributed by atoms with van der Waals surface area (Å²) in [4.78, 5) is 15.0. The SMILES string of the molecule is O=C(CSc1nncn1-c1cccc(Cl)c1)NCC(C1CCOC1)N1CCOCC1. The Balaban J connectivity index is 1.32. The number of thioether (sulfide) groups is 1. The Morgan fingerprint density at radius 2 is 2.17 bits per heavy atom. The summed E-state index contributed by atoms with van der Waals surface area (Å²) in [6.07, 6.45) is 2.66. The molecule has 30 heavy (non-hydrogen) atoms. The molecule has 0 spiro atoms. The van der Waals surface area contributed by atoms with Crippen molar-refractivity contribution in [3.63, 3.8) is 0 Å². The number of morpholine rings is 1. The molecule has 2 saturated heterocycles. The van der Waals surface area contributed by atoms with Crippen molar-refractivity contribution in [2.75, 3.05) is 51.8 Å². The predicted octanol–water partition coefficient (Wildman–Crippen LogP) is 1.87. The summed E-state index contributed by atoms with van der Waals surface area (Å²) in [6.45, 7) is 5.46. The van der Waals surface area contributed by atoms with Gasteiger partial charge in [0.05, 0.1) is 31.3 Å². The van der Waals surface area contributed by atoms with Crippen LogP contribution >= 0.6 is 23.4 Å². The molecule has 8 nitrogen and oxygen atoms in total. The fraction of sp³-hybridized carbons (Fsp3) is 0.550. The number of rotatable bonds is 8. The molecule has 0 bridgehead atoms. The van der Waals surface area contributed by atoms with Gasteiger partial charge in [0.2, 0.25) is 5.91 Å². The summed E-state index contributed by atoms with van der Waals surface area (Å²) >= 11 is 7.44. The summed E-state index contributed by atoms with van der Waals surface area (Å²) in [5.41, 5.74) is 0.865. The molecule has 4 rings (SSSR count). The van der Waals surface area contributed by atoms with Crippen molar-refractivity contribution < 1.29 is 14.3 Å². The van der Waals surface area contributed by atoms with Crippen molar-refractivity contribution in [3.05, 3.63) is 35.6 Å². The van der Waals surface area contributed by atoms with E-state index < -0.39 is 0 Å². The summed E-state index contributed by atoms with van der Waals surface area (Å²) in [6, 6.07) is 7.73. The zero-order valence-electron chi connectivity index (χ0n) is 16.7. The van der Waals surface area contributed by atoms with Gasteiger partial charge in [-0.15, -0.1) is 10.2 Å². The summed E-state index contributed by atoms with van der Waals surface area (Å²) in [5, 5.41) is 12.5. The van der Waals surface area contributed by atoms with Crippen LogP contribution in [0.15, 0.2) is 35.7 Å². The molecule has 2 aliphatic heterocycles. The van der Waals surface area contributed by atoms with Gasteiger partial charge in [0.25, 0.3) is 0 Å². The second-order valence-electron chi connectivity index (χ2n) is 7.40. The molecule has 162 valence electrons. The molecule has 0 aliphatic carbocycles. The van der Waals surface area contributed by atoms with Gasteiger partial charge >= 0.3 is 0 Å². The van der Waals surface area contributed by atoms with Gasteiger partial charge in [-0.1, -0.05) is 29.4 Å². The Morgan fingerprint density at radius 1 is 1.30 bits per heavy atom. The number of ether oxygens (including phenoxy) is 2. The fourth-order valence-electron chi connectivity index (χ4n) is 3.88. The van der Waals surface area contributed by atoms with Crippen molar-refractivity contribution >= 4 is 29.3 Å². The standard InChI is InChI=1S/C20H26ClN5O3S/c21-16-2-1-3-17(10-16)26-14-23-24-20(26)30-13-19(27)22-11-18(15-4-7-29-12-15)25-5-8-28-9-6-25/h1-3,10,14-15,18H,4-9,11-13H2,(H,22,27). The van der Waals surface area contributed by atoms with E-state index in [4.69, 9.17) is 21.1 Å². The van der Waals surface area contributed by atoms with E-state index in [9.17, 15) is 4.79 Å². The lowest BCUT2D eigenvalue weighted by atomic mass is 9.97. The van der Waals surface area contributed by atoms with Gasteiger partial charge in [0, 0.05) is 43.2 Å². The number of aromatic nitrogens is 3. The van der Waals surface area contributed by atoms with E-state index in [1.54, 1.807) is 6.33 Å². The molecule has 1 N–H and O–H groups in total. The minimum absolute atomic E-state index is 0.0159. The fourth-order valence-corrected chi connectivity index (χ4v) is 4.83. The van der Waals surface area contributed by atoms with Crippen LogP contribution in [-0.2, 0) is 14.3 Å². The molecule has 0 radical (unpaired) electrons. The molecule has 1 amide bonds. The van der Waals surface area contributed by atoms with Gasteiger partial charge < -0.3 is 14.8 Å². The lowest BCUT2D eigenvalue weighted by Gasteiger charge is -2.37. The maximum atomic E-state index is 12.6. The maximum absolute atomic E-state index is 12.6. The van der Waals surface area contributed by atoms with Crippen LogP contribution in [0.1, 0.15) is 6.42 Å². The zero-order valence-corrected chi connectivity index (χ0v) is 18.3. The van der Waals surface area contributed by atoms with E-state index in [1.165, 1.54) is 11.8 Å². The summed E-state index contributed by atoms with van der Waals surface area (Å²) < 4.78 is 12.9. The second-order valence-corrected chi connectivity index (χ2v) is 8.77.